The van der Waals surface area contributed by atoms with E-state index in [1.54, 1.807) is 30.3 Å². The van der Waals surface area contributed by atoms with Gasteiger partial charge < -0.3 is 30.4 Å². The van der Waals surface area contributed by atoms with Gasteiger partial charge >= 0.3 is 12.1 Å². The lowest BCUT2D eigenvalue weighted by atomic mass is 10.1. The zero-order valence-electron chi connectivity index (χ0n) is 21.4. The number of hydrogen-bond acceptors (Lipinski definition) is 7. The molecule has 3 aromatic carbocycles. The number of unbranched alkanes of at least 4 members (excludes halogenated alkanes) is 1. The first-order valence-corrected chi connectivity index (χ1v) is 12.2. The monoisotopic (exact) mass is 526 g/mol. The van der Waals surface area contributed by atoms with Crippen molar-refractivity contribution >= 4 is 23.4 Å². The van der Waals surface area contributed by atoms with Gasteiger partial charge in [-0.3, -0.25) is 0 Å². The number of methoxy groups -OCH3 is 1. The van der Waals surface area contributed by atoms with Gasteiger partial charge in [-0.2, -0.15) is 8.78 Å². The van der Waals surface area contributed by atoms with Gasteiger partial charge in [-0.15, -0.1) is 0 Å². The first-order valence-electron chi connectivity index (χ1n) is 12.2. The number of nitrogen functional groups attached to an aromatic ring is 2. The van der Waals surface area contributed by atoms with Crippen LogP contribution in [0, 0.1) is 0 Å². The summed E-state index contributed by atoms with van der Waals surface area (Å²) in [7, 11) is 1.39. The lowest BCUT2D eigenvalue weighted by Gasteiger charge is -2.20. The molecule has 0 aliphatic carbocycles. The van der Waals surface area contributed by atoms with E-state index >= 15 is 0 Å². The van der Waals surface area contributed by atoms with Crippen LogP contribution in [-0.4, -0.2) is 26.3 Å². The third-order valence-corrected chi connectivity index (χ3v) is 5.47. The number of esters is 1. The molecule has 0 fully saturated rings. The van der Waals surface area contributed by atoms with Crippen molar-refractivity contribution in [2.75, 3.05) is 31.8 Å². The summed E-state index contributed by atoms with van der Waals surface area (Å²) >= 11 is 0. The van der Waals surface area contributed by atoms with Gasteiger partial charge in [0.2, 0.25) is 0 Å². The zero-order valence-corrected chi connectivity index (χ0v) is 21.4. The number of ether oxygens (including phenoxy) is 4. The third-order valence-electron chi connectivity index (χ3n) is 5.47. The summed E-state index contributed by atoms with van der Waals surface area (Å²) in [6.07, 6.45) is 1.43. The summed E-state index contributed by atoms with van der Waals surface area (Å²) < 4.78 is 50.6. The van der Waals surface area contributed by atoms with Crippen molar-refractivity contribution in [2.24, 2.45) is 0 Å². The molecule has 0 amide bonds. The van der Waals surface area contributed by atoms with Gasteiger partial charge in [-0.25, -0.2) is 4.79 Å². The van der Waals surface area contributed by atoms with Crippen molar-refractivity contribution in [2.45, 2.75) is 32.3 Å². The normalized spacial score (nSPS) is 11.4. The minimum atomic E-state index is -3.61. The average molecular weight is 527 g/mol. The van der Waals surface area contributed by atoms with E-state index < -0.39 is 12.1 Å². The minimum absolute atomic E-state index is 0.0432. The quantitative estimate of drug-likeness (QED) is 0.122. The molecular formula is C29H32F2N2O5. The standard InChI is InChI=1S/C29H32F2N2O5/c1-3-4-14-36-26-11-8-22(18-27(26)35-2)29(30,31)38-25-9-5-20(6-10-25)7-12-28(34)37-15-13-21-16-23(32)19-24(33)17-21/h5-12,16-19H,3-4,13-15,32-33H2,1-2H3/b12-7+. The molecule has 38 heavy (non-hydrogen) atoms. The maximum Gasteiger partial charge on any atom is 0.426 e. The molecule has 0 unspecified atom stereocenters. The second kappa shape index (κ2) is 13.3. The fourth-order valence-corrected chi connectivity index (χ4v) is 3.52. The molecular weight excluding hydrogens is 494 g/mol. The fourth-order valence-electron chi connectivity index (χ4n) is 3.52. The molecule has 0 aliphatic heterocycles. The van der Waals surface area contributed by atoms with Crippen LogP contribution in [0.5, 0.6) is 17.2 Å². The predicted molar refractivity (Wildman–Crippen MR) is 143 cm³/mol. The van der Waals surface area contributed by atoms with Crippen LogP contribution in [0.1, 0.15) is 36.5 Å². The Hall–Kier alpha value is -4.27. The maximum atomic E-state index is 14.8. The topological polar surface area (TPSA) is 106 Å². The number of carbonyl (C=O) groups excluding carboxylic acids is 1. The van der Waals surface area contributed by atoms with Crippen LogP contribution in [0.2, 0.25) is 0 Å². The number of alkyl halides is 2. The summed E-state index contributed by atoms with van der Waals surface area (Å²) in [6, 6.07) is 15.0. The second-order valence-electron chi connectivity index (χ2n) is 8.51. The van der Waals surface area contributed by atoms with Crippen LogP contribution in [-0.2, 0) is 22.1 Å². The SMILES string of the molecule is CCCCOc1ccc(C(F)(F)Oc2ccc(/C=C/C(=O)OCCc3cc(N)cc(N)c3)cc2)cc1OC. The van der Waals surface area contributed by atoms with Gasteiger partial charge in [0.15, 0.2) is 11.5 Å². The summed E-state index contributed by atoms with van der Waals surface area (Å²) in [5.74, 6) is 0.0130. The molecule has 9 heteroatoms. The second-order valence-corrected chi connectivity index (χ2v) is 8.51. The smallest absolute Gasteiger partial charge is 0.426 e. The van der Waals surface area contributed by atoms with Gasteiger partial charge in [0.05, 0.1) is 25.9 Å². The molecule has 0 bridgehead atoms. The average Bonchev–Trinajstić information content (AvgIpc) is 2.87. The van der Waals surface area contributed by atoms with Crippen LogP contribution in [0.3, 0.4) is 0 Å². The van der Waals surface area contributed by atoms with Crippen LogP contribution < -0.4 is 25.7 Å². The van der Waals surface area contributed by atoms with E-state index in [0.717, 1.165) is 18.4 Å². The molecule has 7 nitrogen and oxygen atoms in total. The number of rotatable bonds is 13. The predicted octanol–water partition coefficient (Wildman–Crippen LogP) is 5.97. The lowest BCUT2D eigenvalue weighted by molar-refractivity contribution is -0.185. The van der Waals surface area contributed by atoms with Crippen molar-refractivity contribution in [3.63, 3.8) is 0 Å². The van der Waals surface area contributed by atoms with Crippen molar-refractivity contribution in [1.29, 1.82) is 0 Å². The highest BCUT2D eigenvalue weighted by Gasteiger charge is 2.35. The van der Waals surface area contributed by atoms with Gasteiger partial charge in [0.25, 0.3) is 0 Å². The Kier molecular flexibility index (Phi) is 9.92. The highest BCUT2D eigenvalue weighted by molar-refractivity contribution is 5.87. The van der Waals surface area contributed by atoms with E-state index in [1.165, 1.54) is 49.6 Å². The molecule has 0 atom stereocenters. The fraction of sp³-hybridized carbons (Fsp3) is 0.276. The number of carbonyl (C=O) groups is 1. The van der Waals surface area contributed by atoms with Crippen molar-refractivity contribution < 1.29 is 32.5 Å². The zero-order chi connectivity index (χ0) is 27.5. The Bertz CT molecular complexity index is 1230. The Morgan fingerprint density at radius 1 is 0.947 bits per heavy atom. The molecule has 3 rings (SSSR count). The van der Waals surface area contributed by atoms with Gasteiger partial charge in [0.1, 0.15) is 5.75 Å². The molecule has 0 aromatic heterocycles. The van der Waals surface area contributed by atoms with E-state index in [4.69, 9.17) is 30.4 Å². The Morgan fingerprint density at radius 2 is 1.66 bits per heavy atom. The van der Waals surface area contributed by atoms with Crippen LogP contribution in [0.4, 0.5) is 20.2 Å². The minimum Gasteiger partial charge on any atom is -0.493 e. The van der Waals surface area contributed by atoms with E-state index in [0.29, 0.717) is 35.7 Å². The van der Waals surface area contributed by atoms with Crippen LogP contribution in [0.15, 0.2) is 66.7 Å². The number of anilines is 2. The molecule has 0 spiro atoms. The van der Waals surface area contributed by atoms with E-state index in [-0.39, 0.29) is 23.7 Å². The number of benzene rings is 3. The molecule has 0 aliphatic rings. The number of hydrogen-bond donors (Lipinski definition) is 2. The maximum absolute atomic E-state index is 14.8. The largest absolute Gasteiger partial charge is 0.493 e. The number of nitrogens with two attached hydrogens (primary N) is 2. The summed E-state index contributed by atoms with van der Waals surface area (Å²) in [4.78, 5) is 12.0. The van der Waals surface area contributed by atoms with Crippen molar-refractivity contribution in [3.8, 4) is 17.2 Å². The van der Waals surface area contributed by atoms with E-state index in [2.05, 4.69) is 0 Å². The summed E-state index contributed by atoms with van der Waals surface area (Å²) in [5.41, 5.74) is 13.7. The first-order chi connectivity index (χ1) is 18.2. The van der Waals surface area contributed by atoms with Gasteiger partial charge in [-0.05, 0) is 72.2 Å². The molecule has 0 radical (unpaired) electrons. The Balaban J connectivity index is 1.54. The molecule has 3 aromatic rings. The summed E-state index contributed by atoms with van der Waals surface area (Å²) in [6.45, 7) is 2.66. The molecule has 0 saturated heterocycles. The Morgan fingerprint density at radius 3 is 2.32 bits per heavy atom. The first kappa shape index (κ1) is 28.3. The van der Waals surface area contributed by atoms with Gasteiger partial charge in [0, 0.05) is 23.9 Å². The molecule has 4 N–H and O–H groups in total. The van der Waals surface area contributed by atoms with Gasteiger partial charge in [-0.1, -0.05) is 25.5 Å². The summed E-state index contributed by atoms with van der Waals surface area (Å²) in [5, 5.41) is 0. The highest BCUT2D eigenvalue weighted by Crippen LogP contribution is 2.37. The highest BCUT2D eigenvalue weighted by atomic mass is 19.3. The van der Waals surface area contributed by atoms with Crippen LogP contribution in [0.25, 0.3) is 6.08 Å². The molecule has 0 saturated carbocycles. The van der Waals surface area contributed by atoms with E-state index in [9.17, 15) is 13.6 Å². The lowest BCUT2D eigenvalue weighted by Crippen LogP contribution is -2.22. The third kappa shape index (κ3) is 8.40. The van der Waals surface area contributed by atoms with Crippen molar-refractivity contribution in [3.05, 3.63) is 83.4 Å². The Labute approximate surface area is 220 Å². The molecule has 0 heterocycles. The number of halogens is 2. The van der Waals surface area contributed by atoms with Crippen molar-refractivity contribution in [1.82, 2.24) is 0 Å². The van der Waals surface area contributed by atoms with E-state index in [1.807, 2.05) is 6.92 Å². The van der Waals surface area contributed by atoms with Crippen LogP contribution >= 0.6 is 0 Å². The molecule has 202 valence electrons.